The maximum Gasteiger partial charge on any atom is 0.0892 e. The molecule has 0 aromatic heterocycles. The van der Waals surface area contributed by atoms with Gasteiger partial charge >= 0.3 is 0 Å². The molecule has 0 spiro atoms. The van der Waals surface area contributed by atoms with Crippen LogP contribution in [0.3, 0.4) is 0 Å². The zero-order valence-corrected chi connectivity index (χ0v) is 15.0. The van der Waals surface area contributed by atoms with Crippen LogP contribution < -0.4 is 5.32 Å². The van der Waals surface area contributed by atoms with Crippen molar-refractivity contribution in [3.63, 3.8) is 0 Å². The Labute approximate surface area is 145 Å². The minimum Gasteiger partial charge on any atom is -0.381 e. The number of benzene rings is 1. The van der Waals surface area contributed by atoms with Crippen LogP contribution in [0.1, 0.15) is 50.8 Å². The highest BCUT2D eigenvalue weighted by molar-refractivity contribution is 5.72. The molecule has 3 nitrogen and oxygen atoms in total. The fraction of sp³-hybridized carbons (Fsp3) is 0.571. The zero-order valence-electron chi connectivity index (χ0n) is 15.0. The molecule has 3 heterocycles. The Bertz CT molecular complexity index is 671. The van der Waals surface area contributed by atoms with Crippen molar-refractivity contribution in [2.24, 2.45) is 16.8 Å². The fourth-order valence-corrected chi connectivity index (χ4v) is 4.33. The lowest BCUT2D eigenvalue weighted by molar-refractivity contribution is -0.0415. The number of anilines is 1. The molecule has 3 aliphatic heterocycles. The number of hydrogen-bond acceptors (Lipinski definition) is 3. The molecule has 4 atom stereocenters. The summed E-state index contributed by atoms with van der Waals surface area (Å²) in [7, 11) is 0. The SMILES string of the molecule is CC(C)(C)c1ccc2c(c1)[C@H]1OCCC[C@H]1[C@H](C1C=CC=NC1)N2. The first-order valence-electron chi connectivity index (χ1n) is 9.23. The van der Waals surface area contributed by atoms with Gasteiger partial charge in [-0.05, 0) is 36.0 Å². The van der Waals surface area contributed by atoms with E-state index in [1.54, 1.807) is 0 Å². The summed E-state index contributed by atoms with van der Waals surface area (Å²) < 4.78 is 6.29. The molecule has 24 heavy (non-hydrogen) atoms. The van der Waals surface area contributed by atoms with Crippen LogP contribution in [0.5, 0.6) is 0 Å². The van der Waals surface area contributed by atoms with Crippen molar-refractivity contribution < 1.29 is 4.74 Å². The predicted octanol–water partition coefficient (Wildman–Crippen LogP) is 4.50. The lowest BCUT2D eigenvalue weighted by atomic mass is 9.73. The van der Waals surface area contributed by atoms with Crippen molar-refractivity contribution in [2.45, 2.75) is 51.2 Å². The van der Waals surface area contributed by atoms with E-state index in [1.165, 1.54) is 23.2 Å². The smallest absolute Gasteiger partial charge is 0.0892 e. The lowest BCUT2D eigenvalue weighted by Gasteiger charge is -2.46. The van der Waals surface area contributed by atoms with Crippen molar-refractivity contribution in [3.05, 3.63) is 41.5 Å². The van der Waals surface area contributed by atoms with E-state index >= 15 is 0 Å². The summed E-state index contributed by atoms with van der Waals surface area (Å²) in [4.78, 5) is 4.48. The van der Waals surface area contributed by atoms with Crippen LogP contribution in [0.15, 0.2) is 35.3 Å². The van der Waals surface area contributed by atoms with E-state index in [9.17, 15) is 0 Å². The zero-order chi connectivity index (χ0) is 16.7. The summed E-state index contributed by atoms with van der Waals surface area (Å²) in [6, 6.07) is 7.31. The highest BCUT2D eigenvalue weighted by Gasteiger charge is 2.42. The van der Waals surface area contributed by atoms with Gasteiger partial charge < -0.3 is 10.1 Å². The first kappa shape index (κ1) is 15.9. The molecule has 1 N–H and O–H groups in total. The third-order valence-electron chi connectivity index (χ3n) is 5.70. The van der Waals surface area contributed by atoms with E-state index in [2.05, 4.69) is 61.4 Å². The molecule has 1 aromatic carbocycles. The van der Waals surface area contributed by atoms with Crippen molar-refractivity contribution >= 4 is 11.9 Å². The number of hydrogen-bond donors (Lipinski definition) is 1. The van der Waals surface area contributed by atoms with Crippen LogP contribution in [-0.4, -0.2) is 25.4 Å². The molecule has 3 heteroatoms. The molecule has 1 aromatic rings. The van der Waals surface area contributed by atoms with Gasteiger partial charge in [0.25, 0.3) is 0 Å². The monoisotopic (exact) mass is 324 g/mol. The maximum absolute atomic E-state index is 6.29. The number of fused-ring (bicyclic) bond motifs is 3. The Kier molecular flexibility index (Phi) is 4.00. The molecule has 1 saturated heterocycles. The Balaban J connectivity index is 1.72. The molecule has 0 aliphatic carbocycles. The summed E-state index contributed by atoms with van der Waals surface area (Å²) in [6.45, 7) is 8.59. The second kappa shape index (κ2) is 6.03. The van der Waals surface area contributed by atoms with Crippen molar-refractivity contribution in [1.82, 2.24) is 0 Å². The first-order valence-corrected chi connectivity index (χ1v) is 9.23. The molecule has 1 unspecified atom stereocenters. The summed E-state index contributed by atoms with van der Waals surface area (Å²) in [5, 5.41) is 3.84. The summed E-state index contributed by atoms with van der Waals surface area (Å²) in [5.41, 5.74) is 4.15. The highest BCUT2D eigenvalue weighted by Crippen LogP contribution is 2.46. The van der Waals surface area contributed by atoms with Crippen LogP contribution in [0.2, 0.25) is 0 Å². The fourth-order valence-electron chi connectivity index (χ4n) is 4.33. The highest BCUT2D eigenvalue weighted by atomic mass is 16.5. The van der Waals surface area contributed by atoms with E-state index in [0.717, 1.165) is 19.6 Å². The number of rotatable bonds is 1. The molecule has 0 saturated carbocycles. The van der Waals surface area contributed by atoms with E-state index < -0.39 is 0 Å². The third-order valence-corrected chi connectivity index (χ3v) is 5.70. The topological polar surface area (TPSA) is 33.6 Å². The largest absolute Gasteiger partial charge is 0.381 e. The maximum atomic E-state index is 6.29. The van der Waals surface area contributed by atoms with Crippen LogP contribution in [0, 0.1) is 11.8 Å². The summed E-state index contributed by atoms with van der Waals surface area (Å²) >= 11 is 0. The van der Waals surface area contributed by atoms with Crippen molar-refractivity contribution in [2.75, 3.05) is 18.5 Å². The Morgan fingerprint density at radius 3 is 2.88 bits per heavy atom. The standard InChI is InChI=1S/C21H28N2O/c1-21(2,3)15-8-9-18-17(12-15)20-16(7-5-11-24-20)19(23-18)14-6-4-10-22-13-14/h4,6,8-10,12,14,16,19-20,23H,5,7,11,13H2,1-3H3/t14?,16-,19-,20-/m0/s1. The third kappa shape index (κ3) is 2.79. The molecule has 1 fully saturated rings. The molecular weight excluding hydrogens is 296 g/mol. The molecule has 0 bridgehead atoms. The van der Waals surface area contributed by atoms with Crippen LogP contribution in [0.25, 0.3) is 0 Å². The van der Waals surface area contributed by atoms with Gasteiger partial charge in [-0.2, -0.15) is 0 Å². The quantitative estimate of drug-likeness (QED) is 0.825. The molecule has 128 valence electrons. The number of nitrogens with one attached hydrogen (secondary N) is 1. The van der Waals surface area contributed by atoms with E-state index in [1.807, 2.05) is 6.21 Å². The van der Waals surface area contributed by atoms with Crippen LogP contribution in [0.4, 0.5) is 5.69 Å². The normalized spacial score (nSPS) is 32.0. The number of allylic oxidation sites excluding steroid dienone is 1. The van der Waals surface area contributed by atoms with Crippen molar-refractivity contribution in [3.8, 4) is 0 Å². The molecule has 3 aliphatic rings. The predicted molar refractivity (Wildman–Crippen MR) is 100.0 cm³/mol. The van der Waals surface area contributed by atoms with Crippen LogP contribution in [-0.2, 0) is 10.2 Å². The van der Waals surface area contributed by atoms with E-state index in [4.69, 9.17) is 4.74 Å². The number of nitrogens with zero attached hydrogens (tertiary/aromatic N) is 1. The van der Waals surface area contributed by atoms with Crippen molar-refractivity contribution in [1.29, 1.82) is 0 Å². The Hall–Kier alpha value is -1.61. The second-order valence-electron chi connectivity index (χ2n) is 8.38. The van der Waals surface area contributed by atoms with Gasteiger partial charge in [0, 0.05) is 48.5 Å². The van der Waals surface area contributed by atoms with Gasteiger partial charge in [0.2, 0.25) is 0 Å². The average molecular weight is 324 g/mol. The van der Waals surface area contributed by atoms with Gasteiger partial charge in [-0.1, -0.05) is 39.0 Å². The second-order valence-corrected chi connectivity index (χ2v) is 8.38. The Morgan fingerprint density at radius 2 is 2.12 bits per heavy atom. The minimum absolute atomic E-state index is 0.164. The van der Waals surface area contributed by atoms with E-state index in [-0.39, 0.29) is 11.5 Å². The van der Waals surface area contributed by atoms with Gasteiger partial charge in [0.1, 0.15) is 0 Å². The summed E-state index contributed by atoms with van der Waals surface area (Å²) in [5.74, 6) is 0.990. The summed E-state index contributed by atoms with van der Waals surface area (Å²) in [6.07, 6.45) is 8.93. The van der Waals surface area contributed by atoms with Gasteiger partial charge in [-0.25, -0.2) is 0 Å². The molecule has 0 amide bonds. The van der Waals surface area contributed by atoms with E-state index in [0.29, 0.717) is 17.9 Å². The number of aliphatic imine (C=N–C) groups is 1. The molecular formula is C21H28N2O. The van der Waals surface area contributed by atoms with Gasteiger partial charge in [-0.3, -0.25) is 4.99 Å². The van der Waals surface area contributed by atoms with Crippen LogP contribution >= 0.6 is 0 Å². The minimum atomic E-state index is 0.164. The lowest BCUT2D eigenvalue weighted by Crippen LogP contribution is -2.46. The van der Waals surface area contributed by atoms with Gasteiger partial charge in [-0.15, -0.1) is 0 Å². The first-order chi connectivity index (χ1) is 11.5. The number of dihydropyridines is 1. The van der Waals surface area contributed by atoms with Gasteiger partial charge in [0.05, 0.1) is 6.10 Å². The molecule has 4 rings (SSSR count). The number of ether oxygens (including phenoxy) is 1. The Morgan fingerprint density at radius 1 is 1.25 bits per heavy atom. The molecule has 0 radical (unpaired) electrons. The average Bonchev–Trinajstić information content (AvgIpc) is 2.60. The van der Waals surface area contributed by atoms with Gasteiger partial charge in [0.15, 0.2) is 0 Å².